The highest BCUT2D eigenvalue weighted by atomic mass is 19.4. The van der Waals surface area contributed by atoms with Crippen LogP contribution in [0.1, 0.15) is 35.6 Å². The first-order valence-corrected chi connectivity index (χ1v) is 8.45. The summed E-state index contributed by atoms with van der Waals surface area (Å²) in [5.74, 6) is -1.29. The summed E-state index contributed by atoms with van der Waals surface area (Å²) in [6, 6.07) is 0.190. The van der Waals surface area contributed by atoms with E-state index < -0.39 is 12.0 Å². The monoisotopic (exact) mass is 370 g/mol. The van der Waals surface area contributed by atoms with E-state index in [0.717, 1.165) is 29.6 Å². The second kappa shape index (κ2) is 6.82. The number of nitrogens with zero attached hydrogens (tertiary/aromatic N) is 5. The maximum Gasteiger partial charge on any atom is 0.453 e. The van der Waals surface area contributed by atoms with E-state index in [-0.39, 0.29) is 24.1 Å². The number of aryl methyl sites for hydroxylation is 2. The lowest BCUT2D eigenvalue weighted by molar-refractivity contribution is -0.144. The zero-order valence-corrected chi connectivity index (χ0v) is 14.9. The number of hydrogen-bond acceptors (Lipinski definition) is 5. The van der Waals surface area contributed by atoms with E-state index in [1.54, 1.807) is 25.8 Å². The topological polar surface area (TPSA) is 75.4 Å². The molecule has 1 atom stereocenters. The van der Waals surface area contributed by atoms with Crippen molar-refractivity contribution in [3.05, 3.63) is 22.8 Å². The molecule has 2 aromatic rings. The van der Waals surface area contributed by atoms with Crippen LogP contribution in [-0.4, -0.2) is 56.6 Å². The van der Waals surface area contributed by atoms with Crippen LogP contribution in [0.15, 0.2) is 0 Å². The number of fused-ring (bicyclic) bond motifs is 1. The summed E-state index contributed by atoms with van der Waals surface area (Å²) >= 11 is 0. The second-order valence-electron chi connectivity index (χ2n) is 6.56. The van der Waals surface area contributed by atoms with Crippen LogP contribution >= 0.6 is 0 Å². The van der Waals surface area contributed by atoms with Crippen molar-refractivity contribution < 1.29 is 18.0 Å². The number of hydrogen-bond donors (Lipinski definition) is 1. The van der Waals surface area contributed by atoms with Gasteiger partial charge in [-0.25, -0.2) is 9.50 Å². The number of likely N-dealkylation sites (N-methyl/N-ethyl adjacent to an activating group) is 1. The average molecular weight is 370 g/mol. The highest BCUT2D eigenvalue weighted by Crippen LogP contribution is 2.27. The van der Waals surface area contributed by atoms with Gasteiger partial charge in [-0.3, -0.25) is 4.79 Å². The smallest absolute Gasteiger partial charge is 0.341 e. The van der Waals surface area contributed by atoms with Crippen molar-refractivity contribution in [2.45, 2.75) is 45.3 Å². The molecule has 10 heteroatoms. The molecule has 1 unspecified atom stereocenters. The van der Waals surface area contributed by atoms with Gasteiger partial charge in [-0.1, -0.05) is 0 Å². The third kappa shape index (κ3) is 3.50. The van der Waals surface area contributed by atoms with Gasteiger partial charge in [0.2, 0.25) is 5.91 Å². The largest absolute Gasteiger partial charge is 0.453 e. The van der Waals surface area contributed by atoms with Crippen molar-refractivity contribution in [1.29, 1.82) is 0 Å². The van der Waals surface area contributed by atoms with Gasteiger partial charge in [0.1, 0.15) is 0 Å². The number of carbonyl (C=O) groups is 1. The maximum absolute atomic E-state index is 12.8. The average Bonchev–Trinajstić information content (AvgIpc) is 3.22. The molecule has 1 saturated heterocycles. The zero-order valence-electron chi connectivity index (χ0n) is 14.9. The van der Waals surface area contributed by atoms with Gasteiger partial charge in [-0.05, 0) is 38.8 Å². The van der Waals surface area contributed by atoms with Crippen LogP contribution in [0.25, 0.3) is 5.78 Å². The molecule has 0 aliphatic carbocycles. The molecule has 3 heterocycles. The molecule has 0 spiro atoms. The number of alkyl halides is 3. The van der Waals surface area contributed by atoms with Gasteiger partial charge in [0.05, 0.1) is 0 Å². The van der Waals surface area contributed by atoms with Crippen molar-refractivity contribution >= 4 is 11.7 Å². The van der Waals surface area contributed by atoms with Crippen LogP contribution in [-0.2, 0) is 17.4 Å². The fraction of sp³-hybridized carbons (Fsp3) is 0.625. The Hall–Kier alpha value is -2.23. The number of halogens is 3. The van der Waals surface area contributed by atoms with Crippen molar-refractivity contribution in [1.82, 2.24) is 29.8 Å². The van der Waals surface area contributed by atoms with E-state index in [4.69, 9.17) is 0 Å². The molecule has 0 saturated carbocycles. The maximum atomic E-state index is 12.8. The predicted molar refractivity (Wildman–Crippen MR) is 87.6 cm³/mol. The van der Waals surface area contributed by atoms with Gasteiger partial charge in [0, 0.05) is 37.4 Å². The Kier molecular flexibility index (Phi) is 4.87. The van der Waals surface area contributed by atoms with Gasteiger partial charge < -0.3 is 10.2 Å². The molecule has 7 nitrogen and oxygen atoms in total. The van der Waals surface area contributed by atoms with E-state index in [2.05, 4.69) is 20.4 Å². The number of nitrogens with one attached hydrogen (secondary N) is 1. The molecule has 1 aliphatic heterocycles. The first kappa shape index (κ1) is 18.6. The summed E-state index contributed by atoms with van der Waals surface area (Å²) in [5, 5.41) is 6.75. The van der Waals surface area contributed by atoms with Gasteiger partial charge >= 0.3 is 6.18 Å². The Morgan fingerprint density at radius 1 is 1.35 bits per heavy atom. The number of aromatic nitrogens is 4. The molecule has 0 bridgehead atoms. The van der Waals surface area contributed by atoms with Gasteiger partial charge in [0.15, 0.2) is 0 Å². The highest BCUT2D eigenvalue weighted by Gasteiger charge is 2.37. The molecule has 1 N–H and O–H groups in total. The second-order valence-corrected chi connectivity index (χ2v) is 6.56. The molecule has 26 heavy (non-hydrogen) atoms. The predicted octanol–water partition coefficient (Wildman–Crippen LogP) is 1.51. The fourth-order valence-electron chi connectivity index (χ4n) is 3.27. The van der Waals surface area contributed by atoms with Crippen LogP contribution < -0.4 is 5.32 Å². The minimum absolute atomic E-state index is 0.00664. The van der Waals surface area contributed by atoms with Crippen molar-refractivity contribution in [3.63, 3.8) is 0 Å². The third-order valence-electron chi connectivity index (χ3n) is 4.87. The Labute approximate surface area is 148 Å². The van der Waals surface area contributed by atoms with Crippen molar-refractivity contribution in [2.75, 3.05) is 20.1 Å². The normalized spacial score (nSPS) is 17.8. The van der Waals surface area contributed by atoms with Crippen LogP contribution in [0, 0.1) is 13.8 Å². The van der Waals surface area contributed by atoms with Gasteiger partial charge in [-0.15, -0.1) is 5.10 Å². The summed E-state index contributed by atoms with van der Waals surface area (Å²) in [5.41, 5.74) is 1.81. The first-order valence-electron chi connectivity index (χ1n) is 8.45. The molecule has 2 aromatic heterocycles. The first-order chi connectivity index (χ1) is 12.2. The summed E-state index contributed by atoms with van der Waals surface area (Å²) in [7, 11) is 1.79. The fourth-order valence-corrected chi connectivity index (χ4v) is 3.27. The van der Waals surface area contributed by atoms with Crippen molar-refractivity contribution in [2.24, 2.45) is 0 Å². The molecule has 1 aliphatic rings. The quantitative estimate of drug-likeness (QED) is 0.883. The van der Waals surface area contributed by atoms with E-state index in [1.807, 2.05) is 0 Å². The highest BCUT2D eigenvalue weighted by molar-refractivity contribution is 5.76. The molecule has 3 rings (SSSR count). The Morgan fingerprint density at radius 3 is 2.69 bits per heavy atom. The minimum Gasteiger partial charge on any atom is -0.341 e. The Balaban J connectivity index is 1.80. The summed E-state index contributed by atoms with van der Waals surface area (Å²) in [6.07, 6.45) is -3.04. The van der Waals surface area contributed by atoms with E-state index in [9.17, 15) is 18.0 Å². The summed E-state index contributed by atoms with van der Waals surface area (Å²) < 4.78 is 39.6. The standard InChI is InChI=1S/C16H21F3N6O/c1-9-12(4-5-13(26)24(3)11-6-7-20-8-11)10(2)25-15(21-9)22-14(23-25)16(17,18)19/h11,20H,4-8H2,1-3H3. The molecule has 0 radical (unpaired) electrons. The van der Waals surface area contributed by atoms with E-state index in [0.29, 0.717) is 17.8 Å². The molecular weight excluding hydrogens is 349 g/mol. The van der Waals surface area contributed by atoms with Crippen LogP contribution in [0.4, 0.5) is 13.2 Å². The molecular formula is C16H21F3N6O. The van der Waals surface area contributed by atoms with Crippen LogP contribution in [0.5, 0.6) is 0 Å². The summed E-state index contributed by atoms with van der Waals surface area (Å²) in [6.45, 7) is 5.06. The SMILES string of the molecule is Cc1nc2nc(C(F)(F)F)nn2c(C)c1CCC(=O)N(C)C1CCNC1. The van der Waals surface area contributed by atoms with Crippen LogP contribution in [0.3, 0.4) is 0 Å². The molecule has 0 aromatic carbocycles. The zero-order chi connectivity index (χ0) is 19.1. The lowest BCUT2D eigenvalue weighted by atomic mass is 10.1. The molecule has 1 amide bonds. The minimum atomic E-state index is -4.62. The Bertz CT molecular complexity index is 825. The van der Waals surface area contributed by atoms with Crippen molar-refractivity contribution in [3.8, 4) is 0 Å². The lowest BCUT2D eigenvalue weighted by Crippen LogP contribution is -2.38. The van der Waals surface area contributed by atoms with Gasteiger partial charge in [-0.2, -0.15) is 18.2 Å². The number of carbonyl (C=O) groups excluding carboxylic acids is 1. The van der Waals surface area contributed by atoms with Crippen LogP contribution in [0.2, 0.25) is 0 Å². The molecule has 1 fully saturated rings. The number of amides is 1. The lowest BCUT2D eigenvalue weighted by Gasteiger charge is -2.24. The summed E-state index contributed by atoms with van der Waals surface area (Å²) in [4.78, 5) is 21.7. The third-order valence-corrected chi connectivity index (χ3v) is 4.87. The van der Waals surface area contributed by atoms with Gasteiger partial charge in [0.25, 0.3) is 11.6 Å². The Morgan fingerprint density at radius 2 is 2.08 bits per heavy atom. The number of rotatable bonds is 4. The molecule has 142 valence electrons. The van der Waals surface area contributed by atoms with E-state index >= 15 is 0 Å². The van der Waals surface area contributed by atoms with E-state index in [1.165, 1.54) is 0 Å².